The minimum atomic E-state index is -0.0391. The van der Waals surface area contributed by atoms with E-state index in [0.717, 1.165) is 16.1 Å². The molecule has 1 aliphatic heterocycles. The average Bonchev–Trinajstić information content (AvgIpc) is 3.28. The molecule has 27 heavy (non-hydrogen) atoms. The summed E-state index contributed by atoms with van der Waals surface area (Å²) in [4.78, 5) is 14.3. The van der Waals surface area contributed by atoms with Crippen molar-refractivity contribution in [1.29, 1.82) is 0 Å². The molecule has 1 unspecified atom stereocenters. The van der Waals surface area contributed by atoms with Gasteiger partial charge in [0.1, 0.15) is 10.4 Å². The second kappa shape index (κ2) is 7.09. The van der Waals surface area contributed by atoms with Gasteiger partial charge in [-0.15, -0.1) is 22.0 Å². The van der Waals surface area contributed by atoms with Gasteiger partial charge in [0.05, 0.1) is 5.75 Å². The van der Waals surface area contributed by atoms with Crippen molar-refractivity contribution in [3.8, 4) is 10.6 Å². The van der Waals surface area contributed by atoms with E-state index in [-0.39, 0.29) is 16.7 Å². The third kappa shape index (κ3) is 3.64. The maximum absolute atomic E-state index is 12.5. The lowest BCUT2D eigenvalue weighted by Crippen LogP contribution is -2.27. The van der Waals surface area contributed by atoms with E-state index in [4.69, 9.17) is 0 Å². The highest BCUT2D eigenvalue weighted by atomic mass is 32.2. The van der Waals surface area contributed by atoms with Crippen LogP contribution in [0.1, 0.15) is 37.3 Å². The lowest BCUT2D eigenvalue weighted by atomic mass is 9.87. The fraction of sp³-hybridized carbons (Fsp3) is 0.286. The van der Waals surface area contributed by atoms with Gasteiger partial charge in [0, 0.05) is 5.56 Å². The number of thioether (sulfide) groups is 1. The first kappa shape index (κ1) is 18.2. The molecule has 1 aromatic heterocycles. The van der Waals surface area contributed by atoms with Gasteiger partial charge in [0.15, 0.2) is 0 Å². The number of benzene rings is 2. The molecule has 1 saturated heterocycles. The molecule has 4 nitrogen and oxygen atoms in total. The zero-order valence-electron chi connectivity index (χ0n) is 15.5. The van der Waals surface area contributed by atoms with Crippen LogP contribution in [0.4, 0.5) is 5.13 Å². The van der Waals surface area contributed by atoms with Crippen LogP contribution in [0, 0.1) is 0 Å². The van der Waals surface area contributed by atoms with E-state index >= 15 is 0 Å². The van der Waals surface area contributed by atoms with Crippen molar-refractivity contribution < 1.29 is 4.79 Å². The minimum Gasteiger partial charge on any atom is -0.273 e. The Morgan fingerprint density at radius 3 is 2.37 bits per heavy atom. The highest BCUT2D eigenvalue weighted by Gasteiger charge is 2.36. The lowest BCUT2D eigenvalue weighted by molar-refractivity contribution is -0.115. The SMILES string of the molecule is CC(C)(C)c1ccc(-c2nnc(N3C(=O)CSC3c3ccccc3)s2)cc1. The molecule has 0 bridgehead atoms. The van der Waals surface area contributed by atoms with E-state index in [2.05, 4.69) is 67.4 Å². The van der Waals surface area contributed by atoms with Crippen molar-refractivity contribution in [2.45, 2.75) is 31.6 Å². The zero-order valence-corrected chi connectivity index (χ0v) is 17.2. The predicted molar refractivity (Wildman–Crippen MR) is 113 cm³/mol. The predicted octanol–water partition coefficient (Wildman–Crippen LogP) is 5.28. The van der Waals surface area contributed by atoms with Gasteiger partial charge in [-0.2, -0.15) is 0 Å². The molecule has 0 radical (unpaired) electrons. The Hall–Kier alpha value is -2.18. The number of aromatic nitrogens is 2. The van der Waals surface area contributed by atoms with Gasteiger partial charge in [-0.05, 0) is 16.5 Å². The first-order valence-electron chi connectivity index (χ1n) is 8.86. The molecule has 6 heteroatoms. The number of hydrogen-bond donors (Lipinski definition) is 0. The first-order valence-corrected chi connectivity index (χ1v) is 10.7. The van der Waals surface area contributed by atoms with Crippen molar-refractivity contribution in [3.05, 3.63) is 65.7 Å². The third-order valence-electron chi connectivity index (χ3n) is 4.57. The second-order valence-corrected chi connectivity index (χ2v) is 9.58. The van der Waals surface area contributed by atoms with Gasteiger partial charge in [-0.3, -0.25) is 9.69 Å². The molecular weight excluding hydrogens is 374 g/mol. The van der Waals surface area contributed by atoms with Crippen LogP contribution in [0.15, 0.2) is 54.6 Å². The highest BCUT2D eigenvalue weighted by molar-refractivity contribution is 8.00. The first-order chi connectivity index (χ1) is 12.9. The molecular formula is C21H21N3OS2. The molecule has 0 spiro atoms. The van der Waals surface area contributed by atoms with Gasteiger partial charge in [0.2, 0.25) is 11.0 Å². The maximum atomic E-state index is 12.5. The molecule has 0 N–H and O–H groups in total. The van der Waals surface area contributed by atoms with Gasteiger partial charge >= 0.3 is 0 Å². The van der Waals surface area contributed by atoms with Gasteiger partial charge in [0.25, 0.3) is 0 Å². The Labute approximate surface area is 167 Å². The molecule has 1 amide bonds. The van der Waals surface area contributed by atoms with Crippen LogP contribution in [0.5, 0.6) is 0 Å². The van der Waals surface area contributed by atoms with Crippen LogP contribution in [-0.4, -0.2) is 21.9 Å². The van der Waals surface area contributed by atoms with Crippen LogP contribution in [0.2, 0.25) is 0 Å². The van der Waals surface area contributed by atoms with Crippen molar-refractivity contribution >= 4 is 34.1 Å². The standard InChI is InChI=1S/C21H21N3OS2/c1-21(2,3)16-11-9-14(10-12-16)18-22-23-20(27-18)24-17(25)13-26-19(24)15-7-5-4-6-8-15/h4-12,19H,13H2,1-3H3. The van der Waals surface area contributed by atoms with Crippen molar-refractivity contribution in [2.75, 3.05) is 10.7 Å². The van der Waals surface area contributed by atoms with Crippen LogP contribution in [-0.2, 0) is 10.2 Å². The number of hydrogen-bond acceptors (Lipinski definition) is 5. The fourth-order valence-electron chi connectivity index (χ4n) is 3.04. The lowest BCUT2D eigenvalue weighted by Gasteiger charge is -2.20. The number of anilines is 1. The summed E-state index contributed by atoms with van der Waals surface area (Å²) in [7, 11) is 0. The normalized spacial score (nSPS) is 17.5. The molecule has 3 aromatic rings. The summed E-state index contributed by atoms with van der Waals surface area (Å²) in [5, 5.41) is 10.1. The Bertz CT molecular complexity index is 946. The topological polar surface area (TPSA) is 46.1 Å². The summed E-state index contributed by atoms with van der Waals surface area (Å²) in [6, 6.07) is 18.5. The zero-order chi connectivity index (χ0) is 19.0. The van der Waals surface area contributed by atoms with Crippen LogP contribution < -0.4 is 4.90 Å². The summed E-state index contributed by atoms with van der Waals surface area (Å²) in [6.45, 7) is 6.60. The average molecular weight is 396 g/mol. The van der Waals surface area contributed by atoms with E-state index in [1.807, 2.05) is 18.2 Å². The van der Waals surface area contributed by atoms with E-state index in [0.29, 0.717) is 10.9 Å². The summed E-state index contributed by atoms with van der Waals surface area (Å²) in [6.07, 6.45) is 0. The van der Waals surface area contributed by atoms with Crippen LogP contribution in [0.3, 0.4) is 0 Å². The summed E-state index contributed by atoms with van der Waals surface area (Å²) in [5.74, 6) is 0.550. The molecule has 1 aliphatic rings. The van der Waals surface area contributed by atoms with E-state index in [9.17, 15) is 4.79 Å². The molecule has 138 valence electrons. The van der Waals surface area contributed by atoms with Gasteiger partial charge in [-0.1, -0.05) is 86.7 Å². The molecule has 0 saturated carbocycles. The monoisotopic (exact) mass is 395 g/mol. The Morgan fingerprint density at radius 2 is 1.70 bits per heavy atom. The number of nitrogens with zero attached hydrogens (tertiary/aromatic N) is 3. The Morgan fingerprint density at radius 1 is 1.00 bits per heavy atom. The molecule has 0 aliphatic carbocycles. The summed E-state index contributed by atoms with van der Waals surface area (Å²) in [5.41, 5.74) is 3.54. The maximum Gasteiger partial charge on any atom is 0.240 e. The van der Waals surface area contributed by atoms with Gasteiger partial charge in [-0.25, -0.2) is 0 Å². The van der Waals surface area contributed by atoms with Crippen LogP contribution >= 0.6 is 23.1 Å². The smallest absolute Gasteiger partial charge is 0.240 e. The summed E-state index contributed by atoms with van der Waals surface area (Å²) >= 11 is 3.10. The van der Waals surface area contributed by atoms with Crippen molar-refractivity contribution in [3.63, 3.8) is 0 Å². The molecule has 4 rings (SSSR count). The fourth-order valence-corrected chi connectivity index (χ4v) is 5.16. The number of carbonyl (C=O) groups is 1. The van der Waals surface area contributed by atoms with Crippen molar-refractivity contribution in [2.24, 2.45) is 0 Å². The number of rotatable bonds is 3. The van der Waals surface area contributed by atoms with E-state index in [1.165, 1.54) is 16.9 Å². The quantitative estimate of drug-likeness (QED) is 0.605. The van der Waals surface area contributed by atoms with E-state index < -0.39 is 0 Å². The Balaban J connectivity index is 1.62. The number of carbonyl (C=O) groups excluding carboxylic acids is 1. The Kier molecular flexibility index (Phi) is 4.78. The second-order valence-electron chi connectivity index (χ2n) is 7.55. The van der Waals surface area contributed by atoms with E-state index in [1.54, 1.807) is 16.7 Å². The van der Waals surface area contributed by atoms with Crippen molar-refractivity contribution in [1.82, 2.24) is 10.2 Å². The third-order valence-corrected chi connectivity index (χ3v) is 6.75. The minimum absolute atomic E-state index is 0.0391. The highest BCUT2D eigenvalue weighted by Crippen LogP contribution is 2.43. The molecule has 2 heterocycles. The molecule has 1 fully saturated rings. The van der Waals surface area contributed by atoms with Gasteiger partial charge < -0.3 is 0 Å². The van der Waals surface area contributed by atoms with Crippen LogP contribution in [0.25, 0.3) is 10.6 Å². The number of amides is 1. The molecule has 2 aromatic carbocycles. The largest absolute Gasteiger partial charge is 0.273 e. The molecule has 1 atom stereocenters. The summed E-state index contributed by atoms with van der Waals surface area (Å²) < 4.78 is 0.